The first-order chi connectivity index (χ1) is 11.8. The first-order valence-electron chi connectivity index (χ1n) is 7.50. The van der Waals surface area contributed by atoms with E-state index in [4.69, 9.17) is 27.9 Å². The Labute approximate surface area is 160 Å². The molecule has 2 rings (SSSR count). The van der Waals surface area contributed by atoms with Crippen molar-refractivity contribution >= 4 is 52.5 Å². The van der Waals surface area contributed by atoms with Crippen molar-refractivity contribution in [1.82, 2.24) is 0 Å². The van der Waals surface area contributed by atoms with E-state index in [2.05, 4.69) is 5.32 Å². The number of hydrogen-bond donors (Lipinski definition) is 1. The molecule has 0 unspecified atom stereocenters. The van der Waals surface area contributed by atoms with Gasteiger partial charge in [0, 0.05) is 15.6 Å². The number of carbonyl (C=O) groups excluding carboxylic acids is 2. The number of ether oxygens (including phenoxy) is 1. The van der Waals surface area contributed by atoms with Crippen LogP contribution in [0.1, 0.15) is 12.5 Å². The van der Waals surface area contributed by atoms with Crippen molar-refractivity contribution in [3.05, 3.63) is 58.1 Å². The topological polar surface area (TPSA) is 55.4 Å². The zero-order valence-electron chi connectivity index (χ0n) is 13.7. The molecule has 0 fully saturated rings. The zero-order chi connectivity index (χ0) is 18.4. The summed E-state index contributed by atoms with van der Waals surface area (Å²) in [4.78, 5) is 24.7. The fourth-order valence-electron chi connectivity index (χ4n) is 1.89. The van der Waals surface area contributed by atoms with E-state index in [1.807, 2.05) is 19.1 Å². The van der Waals surface area contributed by atoms with E-state index >= 15 is 0 Å². The third-order valence-corrected chi connectivity index (χ3v) is 4.94. The van der Waals surface area contributed by atoms with Gasteiger partial charge in [0.2, 0.25) is 0 Å². The molecule has 1 amide bonds. The molecule has 0 aliphatic heterocycles. The Bertz CT molecular complexity index is 765. The van der Waals surface area contributed by atoms with Crippen LogP contribution in [-0.2, 0) is 14.3 Å². The molecular weight excluding hydrogens is 381 g/mol. The number of rotatable bonds is 6. The molecule has 2 aromatic carbocycles. The number of halogens is 2. The second-order valence-corrected chi connectivity index (χ2v) is 7.21. The second-order valence-electron chi connectivity index (χ2n) is 5.35. The van der Waals surface area contributed by atoms with Crippen molar-refractivity contribution in [2.75, 3.05) is 11.1 Å². The summed E-state index contributed by atoms with van der Waals surface area (Å²) in [6.45, 7) is 3.48. The van der Waals surface area contributed by atoms with E-state index in [0.717, 1.165) is 5.56 Å². The maximum atomic E-state index is 12.1. The average Bonchev–Trinajstić information content (AvgIpc) is 2.57. The van der Waals surface area contributed by atoms with Crippen molar-refractivity contribution < 1.29 is 14.3 Å². The Morgan fingerprint density at radius 1 is 1.16 bits per heavy atom. The summed E-state index contributed by atoms with van der Waals surface area (Å²) in [6, 6.07) is 12.4. The first-order valence-corrected chi connectivity index (χ1v) is 9.24. The molecule has 0 aromatic heterocycles. The van der Waals surface area contributed by atoms with Crippen LogP contribution in [0.3, 0.4) is 0 Å². The molecule has 0 bridgehead atoms. The van der Waals surface area contributed by atoms with Crippen LogP contribution in [0.4, 0.5) is 5.69 Å². The smallest absolute Gasteiger partial charge is 0.317 e. The molecule has 0 saturated carbocycles. The second kappa shape index (κ2) is 9.13. The summed E-state index contributed by atoms with van der Waals surface area (Å²) in [5, 5.41) is 3.74. The molecule has 25 heavy (non-hydrogen) atoms. The zero-order valence-corrected chi connectivity index (χ0v) is 16.0. The lowest BCUT2D eigenvalue weighted by atomic mass is 10.2. The van der Waals surface area contributed by atoms with Gasteiger partial charge in [-0.1, -0.05) is 40.9 Å². The standard InChI is InChI=1S/C18H17Cl2NO3S/c1-11-3-6-14(7-4-11)21-18(23)12(2)24-17(22)10-25-16-9-13(19)5-8-15(16)20/h3-9,12H,10H2,1-2H3,(H,21,23)/t12-/m1/s1. The lowest BCUT2D eigenvalue weighted by Gasteiger charge is -2.13. The van der Waals surface area contributed by atoms with Crippen LogP contribution in [-0.4, -0.2) is 23.7 Å². The van der Waals surface area contributed by atoms with Crippen LogP contribution in [0.5, 0.6) is 0 Å². The molecule has 0 heterocycles. The molecule has 0 aliphatic rings. The van der Waals surface area contributed by atoms with Crippen LogP contribution in [0.25, 0.3) is 0 Å². The van der Waals surface area contributed by atoms with Crippen LogP contribution in [0.2, 0.25) is 10.0 Å². The molecular formula is C18H17Cl2NO3S. The molecule has 1 atom stereocenters. The van der Waals surface area contributed by atoms with Gasteiger partial charge in [-0.25, -0.2) is 0 Å². The van der Waals surface area contributed by atoms with Crippen LogP contribution in [0, 0.1) is 6.92 Å². The minimum Gasteiger partial charge on any atom is -0.452 e. The van der Waals surface area contributed by atoms with Gasteiger partial charge in [-0.3, -0.25) is 9.59 Å². The van der Waals surface area contributed by atoms with Gasteiger partial charge in [0.05, 0.1) is 10.8 Å². The quantitative estimate of drug-likeness (QED) is 0.552. The minimum atomic E-state index is -0.899. The van der Waals surface area contributed by atoms with Gasteiger partial charge < -0.3 is 10.1 Å². The number of nitrogens with one attached hydrogen (secondary N) is 1. The summed E-state index contributed by atoms with van der Waals surface area (Å²) in [7, 11) is 0. The van der Waals surface area contributed by atoms with E-state index in [1.165, 1.54) is 18.7 Å². The highest BCUT2D eigenvalue weighted by Crippen LogP contribution is 2.29. The largest absolute Gasteiger partial charge is 0.452 e. The van der Waals surface area contributed by atoms with Gasteiger partial charge in [0.1, 0.15) is 0 Å². The summed E-state index contributed by atoms with van der Waals surface area (Å²) in [6.07, 6.45) is -0.899. The number of benzene rings is 2. The summed E-state index contributed by atoms with van der Waals surface area (Å²) in [5.74, 6) is -0.863. The first kappa shape index (κ1) is 19.6. The Morgan fingerprint density at radius 3 is 2.52 bits per heavy atom. The van der Waals surface area contributed by atoms with Crippen molar-refractivity contribution in [3.8, 4) is 0 Å². The van der Waals surface area contributed by atoms with Crippen molar-refractivity contribution in [2.45, 2.75) is 24.8 Å². The summed E-state index contributed by atoms with van der Waals surface area (Å²) < 4.78 is 5.15. The van der Waals surface area contributed by atoms with Gasteiger partial charge in [-0.05, 0) is 44.2 Å². The van der Waals surface area contributed by atoms with Gasteiger partial charge >= 0.3 is 5.97 Å². The number of amides is 1. The maximum Gasteiger partial charge on any atom is 0.317 e. The van der Waals surface area contributed by atoms with E-state index in [0.29, 0.717) is 20.6 Å². The summed E-state index contributed by atoms with van der Waals surface area (Å²) >= 11 is 13.2. The lowest BCUT2D eigenvalue weighted by molar-refractivity contribution is -0.150. The highest BCUT2D eigenvalue weighted by molar-refractivity contribution is 8.00. The molecule has 0 spiro atoms. The summed E-state index contributed by atoms with van der Waals surface area (Å²) in [5.41, 5.74) is 1.74. The molecule has 4 nitrogen and oxygen atoms in total. The van der Waals surface area contributed by atoms with Gasteiger partial charge in [0.15, 0.2) is 6.10 Å². The molecule has 0 saturated heterocycles. The maximum absolute atomic E-state index is 12.1. The third-order valence-electron chi connectivity index (χ3n) is 3.24. The Hall–Kier alpha value is -1.69. The molecule has 7 heteroatoms. The SMILES string of the molecule is Cc1ccc(NC(=O)[C@@H](C)OC(=O)CSc2cc(Cl)ccc2Cl)cc1. The van der Waals surface area contributed by atoms with Gasteiger partial charge in [-0.2, -0.15) is 0 Å². The van der Waals surface area contributed by atoms with Crippen LogP contribution in [0.15, 0.2) is 47.4 Å². The minimum absolute atomic E-state index is 0.0300. The average molecular weight is 398 g/mol. The monoisotopic (exact) mass is 397 g/mol. The number of anilines is 1. The molecule has 2 aromatic rings. The third kappa shape index (κ3) is 6.27. The van der Waals surface area contributed by atoms with Crippen molar-refractivity contribution in [1.29, 1.82) is 0 Å². The number of hydrogen-bond acceptors (Lipinski definition) is 4. The predicted molar refractivity (Wildman–Crippen MR) is 103 cm³/mol. The van der Waals surface area contributed by atoms with Gasteiger partial charge in [0.25, 0.3) is 5.91 Å². The number of carbonyl (C=O) groups is 2. The van der Waals surface area contributed by atoms with Crippen molar-refractivity contribution in [2.24, 2.45) is 0 Å². The predicted octanol–water partition coefficient (Wildman–Crippen LogP) is 4.96. The lowest BCUT2D eigenvalue weighted by Crippen LogP contribution is -2.30. The van der Waals surface area contributed by atoms with Crippen LogP contribution < -0.4 is 5.32 Å². The number of aryl methyl sites for hydroxylation is 1. The van der Waals surface area contributed by atoms with E-state index in [-0.39, 0.29) is 11.7 Å². The fourth-order valence-corrected chi connectivity index (χ4v) is 3.17. The normalized spacial score (nSPS) is 11.7. The Kier molecular flexibility index (Phi) is 7.17. The van der Waals surface area contributed by atoms with Crippen molar-refractivity contribution in [3.63, 3.8) is 0 Å². The molecule has 0 aliphatic carbocycles. The fraction of sp³-hybridized carbons (Fsp3) is 0.222. The Morgan fingerprint density at radius 2 is 1.84 bits per heavy atom. The highest BCUT2D eigenvalue weighted by atomic mass is 35.5. The van der Waals surface area contributed by atoms with Crippen LogP contribution >= 0.6 is 35.0 Å². The van der Waals surface area contributed by atoms with E-state index in [9.17, 15) is 9.59 Å². The molecule has 1 N–H and O–H groups in total. The van der Waals surface area contributed by atoms with E-state index in [1.54, 1.807) is 30.3 Å². The number of thioether (sulfide) groups is 1. The van der Waals surface area contributed by atoms with E-state index < -0.39 is 12.1 Å². The number of esters is 1. The Balaban J connectivity index is 1.83. The highest BCUT2D eigenvalue weighted by Gasteiger charge is 2.18. The van der Waals surface area contributed by atoms with Gasteiger partial charge in [-0.15, -0.1) is 11.8 Å². The molecule has 132 valence electrons. The molecule has 0 radical (unpaired) electrons.